The minimum Gasteiger partial charge on any atom is -0.506 e. The molecule has 0 atom stereocenters. The van der Waals surface area contributed by atoms with Crippen molar-refractivity contribution in [1.82, 2.24) is 9.97 Å². The van der Waals surface area contributed by atoms with Crippen molar-refractivity contribution in [2.75, 3.05) is 30.4 Å². The van der Waals surface area contributed by atoms with Crippen LogP contribution in [0.4, 0.5) is 11.6 Å². The second-order valence-electron chi connectivity index (χ2n) is 6.92. The Balaban J connectivity index is 1.60. The molecule has 0 unspecified atom stereocenters. The number of phenolic OH excluding ortho intramolecular Hbond substituents is 1. The van der Waals surface area contributed by atoms with E-state index in [0.29, 0.717) is 31.9 Å². The van der Waals surface area contributed by atoms with Crippen molar-refractivity contribution >= 4 is 23.5 Å². The molecule has 1 aromatic heterocycles. The van der Waals surface area contributed by atoms with E-state index < -0.39 is 5.97 Å². The van der Waals surface area contributed by atoms with Gasteiger partial charge in [-0.05, 0) is 51.0 Å². The molecule has 1 aliphatic heterocycles. The molecule has 1 saturated heterocycles. The van der Waals surface area contributed by atoms with E-state index in [1.165, 1.54) is 25.3 Å². The van der Waals surface area contributed by atoms with Crippen molar-refractivity contribution in [2.45, 2.75) is 26.7 Å². The first-order valence-corrected chi connectivity index (χ1v) is 9.17. The summed E-state index contributed by atoms with van der Waals surface area (Å²) in [6.45, 7) is 5.26. The Bertz CT molecular complexity index is 872. The van der Waals surface area contributed by atoms with Gasteiger partial charge >= 0.3 is 5.97 Å². The number of piperidine rings is 1. The average Bonchev–Trinajstić information content (AvgIpc) is 2.68. The van der Waals surface area contributed by atoms with Crippen molar-refractivity contribution in [1.29, 1.82) is 0 Å². The second kappa shape index (κ2) is 8.24. The monoisotopic (exact) mass is 384 g/mol. The lowest BCUT2D eigenvalue weighted by molar-refractivity contribution is -0.120. The van der Waals surface area contributed by atoms with E-state index in [-0.39, 0.29) is 28.8 Å². The fourth-order valence-electron chi connectivity index (χ4n) is 3.31. The van der Waals surface area contributed by atoms with Gasteiger partial charge in [0.2, 0.25) is 11.9 Å². The molecule has 0 radical (unpaired) electrons. The fraction of sp³-hybridized carbons (Fsp3) is 0.400. The van der Waals surface area contributed by atoms with Gasteiger partial charge in [-0.1, -0.05) is 0 Å². The number of aromatic nitrogens is 2. The minimum atomic E-state index is -0.547. The van der Waals surface area contributed by atoms with Crippen LogP contribution in [0, 0.1) is 19.8 Å². The van der Waals surface area contributed by atoms with Gasteiger partial charge in [-0.15, -0.1) is 0 Å². The highest BCUT2D eigenvalue weighted by molar-refractivity contribution is 5.96. The fourth-order valence-corrected chi connectivity index (χ4v) is 3.31. The molecular weight excluding hydrogens is 360 g/mol. The number of esters is 1. The number of hydrogen-bond donors (Lipinski definition) is 2. The maximum atomic E-state index is 12.6. The average molecular weight is 384 g/mol. The molecule has 8 nitrogen and oxygen atoms in total. The number of carbonyl (C=O) groups is 2. The number of phenols is 1. The van der Waals surface area contributed by atoms with Crippen LogP contribution in [0.3, 0.4) is 0 Å². The normalized spacial score (nSPS) is 14.6. The SMILES string of the molecule is COC(=O)c1ccc(NC(=O)C2CCN(c3nc(C)cc(C)n3)CC2)c(O)c1. The van der Waals surface area contributed by atoms with Crippen LogP contribution in [0.1, 0.15) is 34.6 Å². The van der Waals surface area contributed by atoms with Crippen LogP contribution in [0.15, 0.2) is 24.3 Å². The summed E-state index contributed by atoms with van der Waals surface area (Å²) in [5, 5.41) is 12.8. The van der Waals surface area contributed by atoms with Crippen LogP contribution in [0.25, 0.3) is 0 Å². The van der Waals surface area contributed by atoms with E-state index in [1.54, 1.807) is 0 Å². The van der Waals surface area contributed by atoms with Gasteiger partial charge in [0, 0.05) is 30.4 Å². The van der Waals surface area contributed by atoms with E-state index >= 15 is 0 Å². The summed E-state index contributed by atoms with van der Waals surface area (Å²) >= 11 is 0. The summed E-state index contributed by atoms with van der Waals surface area (Å²) < 4.78 is 4.62. The van der Waals surface area contributed by atoms with E-state index in [9.17, 15) is 14.7 Å². The molecule has 0 saturated carbocycles. The molecule has 28 heavy (non-hydrogen) atoms. The van der Waals surface area contributed by atoms with Gasteiger partial charge in [-0.3, -0.25) is 4.79 Å². The zero-order valence-electron chi connectivity index (χ0n) is 16.2. The molecule has 2 N–H and O–H groups in total. The summed E-state index contributed by atoms with van der Waals surface area (Å²) in [6.07, 6.45) is 1.34. The zero-order valence-corrected chi connectivity index (χ0v) is 16.2. The van der Waals surface area contributed by atoms with Gasteiger partial charge in [-0.2, -0.15) is 0 Å². The predicted molar refractivity (Wildman–Crippen MR) is 105 cm³/mol. The third-order valence-electron chi connectivity index (χ3n) is 4.80. The van der Waals surface area contributed by atoms with Crippen molar-refractivity contribution in [3.05, 3.63) is 41.2 Å². The van der Waals surface area contributed by atoms with Gasteiger partial charge < -0.3 is 20.1 Å². The quantitative estimate of drug-likeness (QED) is 0.616. The Morgan fingerprint density at radius 3 is 2.36 bits per heavy atom. The molecule has 0 spiro atoms. The first-order valence-electron chi connectivity index (χ1n) is 9.17. The van der Waals surface area contributed by atoms with E-state index in [2.05, 4.69) is 24.9 Å². The molecule has 2 heterocycles. The molecule has 0 bridgehead atoms. The van der Waals surface area contributed by atoms with Crippen LogP contribution in [-0.4, -0.2) is 47.2 Å². The molecule has 3 rings (SSSR count). The van der Waals surface area contributed by atoms with Crippen LogP contribution >= 0.6 is 0 Å². The number of nitrogens with zero attached hydrogens (tertiary/aromatic N) is 3. The lowest BCUT2D eigenvalue weighted by Crippen LogP contribution is -2.39. The molecule has 1 amide bonds. The van der Waals surface area contributed by atoms with E-state index in [1.807, 2.05) is 19.9 Å². The Morgan fingerprint density at radius 2 is 1.79 bits per heavy atom. The lowest BCUT2D eigenvalue weighted by atomic mass is 9.96. The maximum Gasteiger partial charge on any atom is 0.337 e. The van der Waals surface area contributed by atoms with Crippen molar-refractivity contribution < 1.29 is 19.4 Å². The highest BCUT2D eigenvalue weighted by Gasteiger charge is 2.27. The third-order valence-corrected chi connectivity index (χ3v) is 4.80. The first kappa shape index (κ1) is 19.6. The standard InChI is InChI=1S/C20H24N4O4/c1-12-10-13(2)22-20(21-12)24-8-6-14(7-9-24)18(26)23-16-5-4-15(11-17(16)25)19(27)28-3/h4-5,10-11,14,25H,6-9H2,1-3H3,(H,23,26). The number of benzene rings is 1. The van der Waals surface area contributed by atoms with Crippen LogP contribution < -0.4 is 10.2 Å². The number of carbonyl (C=O) groups excluding carboxylic acids is 2. The number of aryl methyl sites for hydroxylation is 2. The summed E-state index contributed by atoms with van der Waals surface area (Å²) in [4.78, 5) is 35.1. The number of nitrogens with one attached hydrogen (secondary N) is 1. The first-order chi connectivity index (χ1) is 13.4. The molecule has 148 valence electrons. The molecule has 2 aromatic rings. The van der Waals surface area contributed by atoms with Crippen molar-refractivity contribution in [3.63, 3.8) is 0 Å². The van der Waals surface area contributed by atoms with E-state index in [4.69, 9.17) is 0 Å². The Morgan fingerprint density at radius 1 is 1.14 bits per heavy atom. The predicted octanol–water partition coefficient (Wildman–Crippen LogP) is 2.44. The summed E-state index contributed by atoms with van der Waals surface area (Å²) in [7, 11) is 1.27. The maximum absolute atomic E-state index is 12.6. The van der Waals surface area contributed by atoms with E-state index in [0.717, 1.165) is 11.4 Å². The molecular formula is C20H24N4O4. The number of amides is 1. The topological polar surface area (TPSA) is 105 Å². The second-order valence-corrected chi connectivity index (χ2v) is 6.92. The molecule has 8 heteroatoms. The Kier molecular flexibility index (Phi) is 5.77. The molecule has 1 aliphatic rings. The van der Waals surface area contributed by atoms with Crippen LogP contribution in [0.2, 0.25) is 0 Å². The minimum absolute atomic E-state index is 0.151. The largest absolute Gasteiger partial charge is 0.506 e. The summed E-state index contributed by atoms with van der Waals surface area (Å²) in [5.41, 5.74) is 2.35. The highest BCUT2D eigenvalue weighted by Crippen LogP contribution is 2.27. The lowest BCUT2D eigenvalue weighted by Gasteiger charge is -2.31. The number of aromatic hydroxyl groups is 1. The number of anilines is 2. The zero-order chi connectivity index (χ0) is 20.3. The van der Waals surface area contributed by atoms with Gasteiger partial charge in [0.1, 0.15) is 5.75 Å². The summed E-state index contributed by atoms with van der Waals surface area (Å²) in [6, 6.07) is 6.21. The van der Waals surface area contributed by atoms with Crippen molar-refractivity contribution in [3.8, 4) is 5.75 Å². The third kappa shape index (κ3) is 4.39. The smallest absolute Gasteiger partial charge is 0.337 e. The molecule has 1 aromatic carbocycles. The molecule has 0 aliphatic carbocycles. The highest BCUT2D eigenvalue weighted by atomic mass is 16.5. The number of rotatable bonds is 4. The van der Waals surface area contributed by atoms with Gasteiger partial charge in [0.25, 0.3) is 0 Å². The summed E-state index contributed by atoms with van der Waals surface area (Å²) in [5.74, 6) is -0.331. The number of ether oxygens (including phenoxy) is 1. The van der Waals surface area contributed by atoms with Gasteiger partial charge in [0.05, 0.1) is 18.4 Å². The van der Waals surface area contributed by atoms with Crippen LogP contribution in [-0.2, 0) is 9.53 Å². The number of hydrogen-bond acceptors (Lipinski definition) is 7. The van der Waals surface area contributed by atoms with Crippen LogP contribution in [0.5, 0.6) is 5.75 Å². The van der Waals surface area contributed by atoms with Gasteiger partial charge in [0.15, 0.2) is 0 Å². The Hall–Kier alpha value is -3.16. The number of methoxy groups -OCH3 is 1. The Labute approximate surface area is 163 Å². The van der Waals surface area contributed by atoms with Gasteiger partial charge in [-0.25, -0.2) is 14.8 Å². The molecule has 1 fully saturated rings. The van der Waals surface area contributed by atoms with Crippen molar-refractivity contribution in [2.24, 2.45) is 5.92 Å².